The van der Waals surface area contributed by atoms with E-state index in [4.69, 9.17) is 4.74 Å². The van der Waals surface area contributed by atoms with E-state index in [2.05, 4.69) is 35.5 Å². The highest BCUT2D eigenvalue weighted by molar-refractivity contribution is 7.10. The number of benzene rings is 1. The molecule has 0 radical (unpaired) electrons. The summed E-state index contributed by atoms with van der Waals surface area (Å²) in [5.74, 6) is 0.758. The van der Waals surface area contributed by atoms with Crippen LogP contribution in [-0.4, -0.2) is 30.5 Å². The summed E-state index contributed by atoms with van der Waals surface area (Å²) in [6.45, 7) is 6.26. The topological polar surface area (TPSA) is 41.6 Å². The first kappa shape index (κ1) is 18.0. The Hall–Kier alpha value is -1.85. The Morgan fingerprint density at radius 2 is 2.16 bits per heavy atom. The minimum absolute atomic E-state index is 0.0182. The molecule has 1 aliphatic rings. The van der Waals surface area contributed by atoms with Crippen LogP contribution in [-0.2, 0) is 11.2 Å². The molecule has 1 N–H and O–H groups in total. The van der Waals surface area contributed by atoms with Gasteiger partial charge in [0, 0.05) is 17.5 Å². The van der Waals surface area contributed by atoms with Crippen molar-refractivity contribution in [2.45, 2.75) is 39.2 Å². The number of amides is 1. The second kappa shape index (κ2) is 8.50. The van der Waals surface area contributed by atoms with Gasteiger partial charge in [-0.3, -0.25) is 9.69 Å². The Morgan fingerprint density at radius 1 is 1.32 bits per heavy atom. The Bertz CT molecular complexity index is 713. The first-order chi connectivity index (χ1) is 12.2. The largest absolute Gasteiger partial charge is 0.491 e. The quantitative estimate of drug-likeness (QED) is 0.793. The van der Waals surface area contributed by atoms with E-state index in [1.807, 2.05) is 35.6 Å². The molecule has 134 valence electrons. The summed E-state index contributed by atoms with van der Waals surface area (Å²) in [7, 11) is 0. The molecule has 2 heterocycles. The summed E-state index contributed by atoms with van der Waals surface area (Å²) in [5.41, 5.74) is 2.15. The van der Waals surface area contributed by atoms with Crippen LogP contribution in [0.15, 0.2) is 35.7 Å². The van der Waals surface area contributed by atoms with Crippen LogP contribution in [0.5, 0.6) is 5.75 Å². The van der Waals surface area contributed by atoms with Crippen LogP contribution in [0.2, 0.25) is 0 Å². The highest BCUT2D eigenvalue weighted by atomic mass is 32.1. The van der Waals surface area contributed by atoms with Gasteiger partial charge in [0.25, 0.3) is 0 Å². The SMILES string of the molecule is CCCOc1ccccc1NC(=O)CN1CCc2sccc2C1CC. The monoisotopic (exact) mass is 358 g/mol. The van der Waals surface area contributed by atoms with Crippen LogP contribution in [0, 0.1) is 0 Å². The molecule has 0 saturated carbocycles. The molecule has 5 heteroatoms. The lowest BCUT2D eigenvalue weighted by Crippen LogP contribution is -2.40. The predicted octanol–water partition coefficient (Wildman–Crippen LogP) is 4.48. The van der Waals surface area contributed by atoms with Crippen LogP contribution >= 0.6 is 11.3 Å². The van der Waals surface area contributed by atoms with Gasteiger partial charge in [-0.25, -0.2) is 0 Å². The van der Waals surface area contributed by atoms with Gasteiger partial charge < -0.3 is 10.1 Å². The zero-order valence-electron chi connectivity index (χ0n) is 15.0. The molecule has 1 unspecified atom stereocenters. The zero-order valence-corrected chi connectivity index (χ0v) is 15.8. The summed E-state index contributed by atoms with van der Waals surface area (Å²) in [6, 6.07) is 10.2. The van der Waals surface area contributed by atoms with Gasteiger partial charge in [0.05, 0.1) is 18.8 Å². The molecule has 1 atom stereocenters. The number of nitrogens with zero attached hydrogens (tertiary/aromatic N) is 1. The van der Waals surface area contributed by atoms with E-state index in [-0.39, 0.29) is 5.91 Å². The minimum Gasteiger partial charge on any atom is -0.491 e. The predicted molar refractivity (Wildman–Crippen MR) is 103 cm³/mol. The second-order valence-corrected chi connectivity index (χ2v) is 7.34. The number of rotatable bonds is 7. The zero-order chi connectivity index (χ0) is 17.6. The lowest BCUT2D eigenvalue weighted by atomic mass is 9.98. The number of anilines is 1. The summed E-state index contributed by atoms with van der Waals surface area (Å²) in [4.78, 5) is 16.4. The highest BCUT2D eigenvalue weighted by Crippen LogP contribution is 2.35. The molecule has 0 bridgehead atoms. The number of carbonyl (C=O) groups excluding carboxylic acids is 1. The van der Waals surface area contributed by atoms with Crippen LogP contribution < -0.4 is 10.1 Å². The fraction of sp³-hybridized carbons (Fsp3) is 0.450. The van der Waals surface area contributed by atoms with Crippen molar-refractivity contribution in [1.29, 1.82) is 0 Å². The van der Waals surface area contributed by atoms with Crippen molar-refractivity contribution in [3.05, 3.63) is 46.2 Å². The molecular weight excluding hydrogens is 332 g/mol. The maximum Gasteiger partial charge on any atom is 0.238 e. The number of ether oxygens (including phenoxy) is 1. The van der Waals surface area contributed by atoms with Crippen LogP contribution in [0.3, 0.4) is 0 Å². The lowest BCUT2D eigenvalue weighted by Gasteiger charge is -2.34. The van der Waals surface area contributed by atoms with Crippen molar-refractivity contribution in [2.75, 3.05) is 25.0 Å². The summed E-state index contributed by atoms with van der Waals surface area (Å²) < 4.78 is 5.73. The number of thiophene rings is 1. The average Bonchev–Trinajstić information content (AvgIpc) is 3.09. The van der Waals surface area contributed by atoms with E-state index in [0.717, 1.165) is 37.2 Å². The Balaban J connectivity index is 1.65. The normalized spacial score (nSPS) is 17.1. The summed E-state index contributed by atoms with van der Waals surface area (Å²) in [6.07, 6.45) is 3.00. The maximum atomic E-state index is 12.6. The van der Waals surface area contributed by atoms with Crippen LogP contribution in [0.25, 0.3) is 0 Å². The van der Waals surface area contributed by atoms with Gasteiger partial charge in [-0.1, -0.05) is 26.0 Å². The van der Waals surface area contributed by atoms with Gasteiger partial charge in [-0.15, -0.1) is 11.3 Å². The number of nitrogens with one attached hydrogen (secondary N) is 1. The molecule has 1 amide bonds. The van der Waals surface area contributed by atoms with Gasteiger partial charge in [0.1, 0.15) is 5.75 Å². The summed E-state index contributed by atoms with van der Waals surface area (Å²) in [5, 5.41) is 5.19. The molecular formula is C20H26N2O2S. The fourth-order valence-corrected chi connectivity index (χ4v) is 4.33. The molecule has 0 spiro atoms. The van der Waals surface area contributed by atoms with Crippen molar-refractivity contribution in [3.63, 3.8) is 0 Å². The van der Waals surface area contributed by atoms with E-state index in [9.17, 15) is 4.79 Å². The third-order valence-corrected chi connectivity index (χ3v) is 5.56. The highest BCUT2D eigenvalue weighted by Gasteiger charge is 2.28. The van der Waals surface area contributed by atoms with Gasteiger partial charge in [0.15, 0.2) is 0 Å². The molecule has 1 aromatic carbocycles. The number of hydrogen-bond donors (Lipinski definition) is 1. The molecule has 2 aromatic rings. The number of para-hydroxylation sites is 2. The number of hydrogen-bond acceptors (Lipinski definition) is 4. The van der Waals surface area contributed by atoms with Crippen molar-refractivity contribution >= 4 is 22.9 Å². The smallest absolute Gasteiger partial charge is 0.238 e. The van der Waals surface area contributed by atoms with Crippen molar-refractivity contribution in [1.82, 2.24) is 4.90 Å². The van der Waals surface area contributed by atoms with E-state index < -0.39 is 0 Å². The van der Waals surface area contributed by atoms with Crippen molar-refractivity contribution < 1.29 is 9.53 Å². The third kappa shape index (κ3) is 4.22. The van der Waals surface area contributed by atoms with E-state index in [0.29, 0.717) is 19.2 Å². The van der Waals surface area contributed by atoms with Gasteiger partial charge >= 0.3 is 0 Å². The molecule has 3 rings (SSSR count). The van der Waals surface area contributed by atoms with Gasteiger partial charge in [0.2, 0.25) is 5.91 Å². The molecule has 25 heavy (non-hydrogen) atoms. The Labute approximate surface area is 153 Å². The van der Waals surface area contributed by atoms with Crippen LogP contribution in [0.1, 0.15) is 43.2 Å². The van der Waals surface area contributed by atoms with Gasteiger partial charge in [-0.2, -0.15) is 0 Å². The average molecular weight is 359 g/mol. The summed E-state index contributed by atoms with van der Waals surface area (Å²) >= 11 is 1.83. The number of carbonyl (C=O) groups is 1. The second-order valence-electron chi connectivity index (χ2n) is 6.34. The van der Waals surface area contributed by atoms with E-state index in [1.54, 1.807) is 0 Å². The Kier molecular flexibility index (Phi) is 6.10. The van der Waals surface area contributed by atoms with Gasteiger partial charge in [-0.05, 0) is 48.4 Å². The molecule has 0 saturated heterocycles. The Morgan fingerprint density at radius 3 is 2.96 bits per heavy atom. The molecule has 1 aliphatic heterocycles. The van der Waals surface area contributed by atoms with Crippen molar-refractivity contribution in [2.24, 2.45) is 0 Å². The third-order valence-electron chi connectivity index (χ3n) is 4.56. The first-order valence-corrected chi connectivity index (χ1v) is 9.92. The lowest BCUT2D eigenvalue weighted by molar-refractivity contribution is -0.118. The standard InChI is InChI=1S/C20H26N2O2S/c1-3-12-24-18-8-6-5-7-16(18)21-20(23)14-22-11-9-19-15(10-13-25-19)17(22)4-2/h5-8,10,13,17H,3-4,9,11-12,14H2,1-2H3,(H,21,23). The van der Waals surface area contributed by atoms with E-state index in [1.165, 1.54) is 10.4 Å². The molecule has 4 nitrogen and oxygen atoms in total. The first-order valence-electron chi connectivity index (χ1n) is 9.05. The van der Waals surface area contributed by atoms with E-state index >= 15 is 0 Å². The molecule has 0 aliphatic carbocycles. The maximum absolute atomic E-state index is 12.6. The molecule has 1 aromatic heterocycles. The molecule has 0 fully saturated rings. The van der Waals surface area contributed by atoms with Crippen molar-refractivity contribution in [3.8, 4) is 5.75 Å². The van der Waals surface area contributed by atoms with Crippen LogP contribution in [0.4, 0.5) is 5.69 Å². The minimum atomic E-state index is 0.0182. The number of fused-ring (bicyclic) bond motifs is 1. The fourth-order valence-electron chi connectivity index (χ4n) is 3.40.